The smallest absolute Gasteiger partial charge is 0.203 e. The van der Waals surface area contributed by atoms with Crippen molar-refractivity contribution in [1.82, 2.24) is 0 Å². The number of halogens is 3. The van der Waals surface area contributed by atoms with Gasteiger partial charge in [-0.25, -0.2) is 13.2 Å². The first-order chi connectivity index (χ1) is 9.88. The molecule has 2 nitrogen and oxygen atoms in total. The molecule has 1 atom stereocenters. The predicted molar refractivity (Wildman–Crippen MR) is 71.9 cm³/mol. The van der Waals surface area contributed by atoms with Gasteiger partial charge in [-0.1, -0.05) is 6.07 Å². The largest absolute Gasteiger partial charge is 0.482 e. The van der Waals surface area contributed by atoms with Gasteiger partial charge in [0.2, 0.25) is 5.78 Å². The van der Waals surface area contributed by atoms with E-state index < -0.39 is 29.3 Å². The van der Waals surface area contributed by atoms with Crippen LogP contribution in [0.5, 0.6) is 5.75 Å². The van der Waals surface area contributed by atoms with Gasteiger partial charge in [-0.3, -0.25) is 4.79 Å². The van der Waals surface area contributed by atoms with Crippen molar-refractivity contribution in [3.05, 3.63) is 65.0 Å². The summed E-state index contributed by atoms with van der Waals surface area (Å²) in [6.07, 6.45) is -0.949. The molecule has 0 bridgehead atoms. The molecule has 0 spiro atoms. The van der Waals surface area contributed by atoms with Crippen molar-refractivity contribution in [3.63, 3.8) is 0 Å². The van der Waals surface area contributed by atoms with Gasteiger partial charge in [0.1, 0.15) is 11.6 Å². The standard InChI is InChI=1S/C16H13F3O2/c1-9-3-5-12(17)8-15(9)21-10(2)16(20)11-4-6-13(18)14(19)7-11/h3-8,10H,1-2H3. The van der Waals surface area contributed by atoms with Gasteiger partial charge in [-0.2, -0.15) is 0 Å². The third-order valence-electron chi connectivity index (χ3n) is 3.03. The number of hydrogen-bond donors (Lipinski definition) is 0. The van der Waals surface area contributed by atoms with E-state index in [1.54, 1.807) is 6.92 Å². The second-order valence-electron chi connectivity index (χ2n) is 4.66. The minimum absolute atomic E-state index is 0.00421. The second kappa shape index (κ2) is 5.99. The Kier molecular flexibility index (Phi) is 4.31. The van der Waals surface area contributed by atoms with Gasteiger partial charge >= 0.3 is 0 Å². The molecule has 2 rings (SSSR count). The molecular formula is C16H13F3O2. The summed E-state index contributed by atoms with van der Waals surface area (Å²) in [5, 5.41) is 0. The molecule has 0 N–H and O–H groups in total. The minimum atomic E-state index is -1.10. The van der Waals surface area contributed by atoms with Crippen LogP contribution in [0, 0.1) is 24.4 Å². The molecule has 2 aromatic carbocycles. The molecule has 110 valence electrons. The van der Waals surface area contributed by atoms with E-state index in [1.165, 1.54) is 31.2 Å². The Bertz CT molecular complexity index is 683. The van der Waals surface area contributed by atoms with Gasteiger partial charge in [-0.15, -0.1) is 0 Å². The van der Waals surface area contributed by atoms with Crippen LogP contribution in [0.25, 0.3) is 0 Å². The molecule has 0 aromatic heterocycles. The lowest BCUT2D eigenvalue weighted by Crippen LogP contribution is -2.24. The molecular weight excluding hydrogens is 281 g/mol. The summed E-state index contributed by atoms with van der Waals surface area (Å²) in [5.41, 5.74) is 0.664. The zero-order valence-electron chi connectivity index (χ0n) is 11.5. The maximum atomic E-state index is 13.2. The summed E-state index contributed by atoms with van der Waals surface area (Å²) in [6, 6.07) is 6.85. The highest BCUT2D eigenvalue weighted by atomic mass is 19.2. The summed E-state index contributed by atoms with van der Waals surface area (Å²) in [7, 11) is 0. The number of ketones is 1. The number of carbonyl (C=O) groups excluding carboxylic acids is 1. The number of hydrogen-bond acceptors (Lipinski definition) is 2. The SMILES string of the molecule is Cc1ccc(F)cc1OC(C)C(=O)c1ccc(F)c(F)c1. The Morgan fingerprint density at radius 1 is 1.05 bits per heavy atom. The molecule has 0 heterocycles. The van der Waals surface area contributed by atoms with Crippen LogP contribution < -0.4 is 4.74 Å². The molecule has 21 heavy (non-hydrogen) atoms. The van der Waals surface area contributed by atoms with Crippen LogP contribution in [0.15, 0.2) is 36.4 Å². The molecule has 0 aliphatic heterocycles. The average Bonchev–Trinajstić information content (AvgIpc) is 2.45. The van der Waals surface area contributed by atoms with Gasteiger partial charge in [-0.05, 0) is 43.7 Å². The highest BCUT2D eigenvalue weighted by molar-refractivity contribution is 5.99. The van der Waals surface area contributed by atoms with Crippen LogP contribution in [0.4, 0.5) is 13.2 Å². The lowest BCUT2D eigenvalue weighted by atomic mass is 10.1. The molecule has 0 saturated carbocycles. The van der Waals surface area contributed by atoms with Crippen molar-refractivity contribution >= 4 is 5.78 Å². The van der Waals surface area contributed by atoms with E-state index in [9.17, 15) is 18.0 Å². The molecule has 2 aromatic rings. The molecule has 5 heteroatoms. The Hall–Kier alpha value is -2.30. The van der Waals surface area contributed by atoms with Crippen molar-refractivity contribution in [3.8, 4) is 5.75 Å². The first-order valence-electron chi connectivity index (χ1n) is 6.30. The van der Waals surface area contributed by atoms with Gasteiger partial charge in [0.05, 0.1) is 0 Å². The van der Waals surface area contributed by atoms with E-state index in [2.05, 4.69) is 0 Å². The number of benzene rings is 2. The maximum Gasteiger partial charge on any atom is 0.203 e. The molecule has 0 saturated heterocycles. The van der Waals surface area contributed by atoms with Crippen LogP contribution in [-0.4, -0.2) is 11.9 Å². The lowest BCUT2D eigenvalue weighted by molar-refractivity contribution is 0.0816. The maximum absolute atomic E-state index is 13.2. The van der Waals surface area contributed by atoms with Crippen molar-refractivity contribution in [2.45, 2.75) is 20.0 Å². The monoisotopic (exact) mass is 294 g/mol. The van der Waals surface area contributed by atoms with Crippen molar-refractivity contribution in [2.24, 2.45) is 0 Å². The van der Waals surface area contributed by atoms with Crippen LogP contribution >= 0.6 is 0 Å². The number of ether oxygens (including phenoxy) is 1. The topological polar surface area (TPSA) is 26.3 Å². The van der Waals surface area contributed by atoms with Crippen LogP contribution in [0.2, 0.25) is 0 Å². The van der Waals surface area contributed by atoms with E-state index in [-0.39, 0.29) is 11.3 Å². The van der Waals surface area contributed by atoms with Gasteiger partial charge in [0.15, 0.2) is 17.7 Å². The van der Waals surface area contributed by atoms with E-state index in [4.69, 9.17) is 4.74 Å². The van der Waals surface area contributed by atoms with Crippen LogP contribution in [-0.2, 0) is 0 Å². The van der Waals surface area contributed by atoms with Crippen molar-refractivity contribution < 1.29 is 22.7 Å². The minimum Gasteiger partial charge on any atom is -0.482 e. The quantitative estimate of drug-likeness (QED) is 0.795. The molecule has 0 amide bonds. The number of Topliss-reactive ketones (excluding diaryl/α,β-unsaturated/α-hetero) is 1. The fraction of sp³-hybridized carbons (Fsp3) is 0.188. The number of carbonyl (C=O) groups is 1. The van der Waals surface area contributed by atoms with Crippen molar-refractivity contribution in [1.29, 1.82) is 0 Å². The summed E-state index contributed by atoms with van der Waals surface area (Å²) < 4.78 is 44.5. The van der Waals surface area contributed by atoms with Gasteiger partial charge < -0.3 is 4.74 Å². The van der Waals surface area contributed by atoms with E-state index in [0.29, 0.717) is 5.56 Å². The Morgan fingerprint density at radius 3 is 2.43 bits per heavy atom. The van der Waals surface area contributed by atoms with Crippen molar-refractivity contribution in [2.75, 3.05) is 0 Å². The third kappa shape index (κ3) is 3.42. The molecule has 0 aliphatic rings. The fourth-order valence-electron chi connectivity index (χ4n) is 1.83. The normalized spacial score (nSPS) is 12.0. The number of rotatable bonds is 4. The first kappa shape index (κ1) is 15.1. The summed E-state index contributed by atoms with van der Waals surface area (Å²) in [4.78, 5) is 12.1. The average molecular weight is 294 g/mol. The second-order valence-corrected chi connectivity index (χ2v) is 4.66. The summed E-state index contributed by atoms with van der Waals surface area (Å²) >= 11 is 0. The summed E-state index contributed by atoms with van der Waals surface area (Å²) in [6.45, 7) is 3.18. The Balaban J connectivity index is 2.19. The molecule has 0 aliphatic carbocycles. The molecule has 1 unspecified atom stereocenters. The van der Waals surface area contributed by atoms with E-state index in [1.807, 2.05) is 0 Å². The van der Waals surface area contributed by atoms with E-state index >= 15 is 0 Å². The Labute approximate surface area is 120 Å². The Morgan fingerprint density at radius 2 is 1.76 bits per heavy atom. The zero-order valence-corrected chi connectivity index (χ0v) is 11.5. The summed E-state index contributed by atoms with van der Waals surface area (Å²) in [5.74, 6) is -2.89. The first-order valence-corrected chi connectivity index (χ1v) is 6.30. The molecule has 0 fully saturated rings. The number of aryl methyl sites for hydroxylation is 1. The van der Waals surface area contributed by atoms with E-state index in [0.717, 1.165) is 12.1 Å². The fourth-order valence-corrected chi connectivity index (χ4v) is 1.83. The van der Waals surface area contributed by atoms with Crippen LogP contribution in [0.3, 0.4) is 0 Å². The van der Waals surface area contributed by atoms with Gasteiger partial charge in [0.25, 0.3) is 0 Å². The third-order valence-corrected chi connectivity index (χ3v) is 3.03. The zero-order chi connectivity index (χ0) is 15.6. The van der Waals surface area contributed by atoms with Gasteiger partial charge in [0, 0.05) is 11.6 Å². The lowest BCUT2D eigenvalue weighted by Gasteiger charge is -2.15. The molecule has 0 radical (unpaired) electrons. The predicted octanol–water partition coefficient (Wildman–Crippen LogP) is 4.06. The highest BCUT2D eigenvalue weighted by Crippen LogP contribution is 2.21. The highest BCUT2D eigenvalue weighted by Gasteiger charge is 2.19. The van der Waals surface area contributed by atoms with Crippen LogP contribution in [0.1, 0.15) is 22.8 Å².